The molecular weight excluding hydrogens is 1420 g/mol. The Kier molecular flexibility index (Phi) is 61.3. The Balaban J connectivity index is 2.76. The van der Waals surface area contributed by atoms with Crippen LogP contribution in [0.2, 0.25) is 0 Å². The van der Waals surface area contributed by atoms with E-state index in [0.29, 0.717) is 12.8 Å². The first-order chi connectivity index (χ1) is 52.0. The Morgan fingerprint density at radius 2 is 0.694 bits per heavy atom. The number of ether oxygens (including phenoxy) is 4. The van der Waals surface area contributed by atoms with Crippen LogP contribution >= 0.6 is 15.6 Å². The minimum absolute atomic E-state index is 0.0182. The van der Waals surface area contributed by atoms with Gasteiger partial charge in [-0.05, 0) is 50.4 Å². The molecule has 108 heavy (non-hydrogen) atoms. The average molecular weight is 1590 g/mol. The molecule has 26 heteroatoms. The van der Waals surface area contributed by atoms with Gasteiger partial charge in [0.15, 0.2) is 18.7 Å². The molecule has 0 aliphatic carbocycles. The van der Waals surface area contributed by atoms with E-state index in [1.54, 1.807) is 0 Å². The maximum Gasteiger partial charge on any atom is 0.472 e. The fraction of sp³-hybridized carbons (Fsp3) is 0.951. The largest absolute Gasteiger partial charge is 0.472 e. The van der Waals surface area contributed by atoms with Gasteiger partial charge in [0.05, 0.1) is 38.3 Å². The van der Waals surface area contributed by atoms with Crippen molar-refractivity contribution in [1.82, 2.24) is 16.1 Å². The number of hydroxylamine groups is 1. The summed E-state index contributed by atoms with van der Waals surface area (Å²) in [6.07, 6.45) is 33.3. The second-order valence-electron chi connectivity index (χ2n) is 31.7. The molecule has 0 saturated carbocycles. The van der Waals surface area contributed by atoms with Crippen LogP contribution in [0.25, 0.3) is 0 Å². The smallest absolute Gasteiger partial charge is 0.457 e. The number of aliphatic hydroxyl groups is 4. The van der Waals surface area contributed by atoms with Crippen molar-refractivity contribution in [1.29, 1.82) is 0 Å². The van der Waals surface area contributed by atoms with Crippen LogP contribution in [0.1, 0.15) is 401 Å². The van der Waals surface area contributed by atoms with Crippen molar-refractivity contribution in [3.05, 3.63) is 0 Å². The van der Waals surface area contributed by atoms with Crippen LogP contribution in [-0.4, -0.2) is 150 Å². The first-order valence-electron chi connectivity index (χ1n) is 43.8. The van der Waals surface area contributed by atoms with Gasteiger partial charge in [0.2, 0.25) is 17.7 Å². The van der Waals surface area contributed by atoms with E-state index in [4.69, 9.17) is 32.8 Å². The standard InChI is InChI=1S/C82H159N3O21P2/c1-7-13-19-25-31-33-39-45-51-57-67(87)61-72(90)84-76-80(103-74(92)62-68(88)58-52-46-40-34-32-26-20-14-8-2)78(105-107(94,95)96)70(102-82(76)106-108(97,98)99)64-100-81-75(83-71(89)59-65(53-47-41-35-27-21-15-9-3)54-48-42-36-28-22-16-10-4)79(77(93)69(63-86)101-81)104-85-73(91)60-66(55-49-43-37-29-23-17-11-5)56-50-44-38-30-24-18-12-6/h65-70,75-82,86-88,93H,7-64H2,1-6H3,(H,83,89)(H,84,90)(H,85,91)(H2,94,95,96)(H2,97,98,99)/t67-,68-,69-,70-,75-,76-,77-,78-,79-,80-,81-,82-/m1/s1. The number of phosphoric ester groups is 2. The second-order valence-corrected chi connectivity index (χ2v) is 34.1. The lowest BCUT2D eigenvalue weighted by Gasteiger charge is -2.47. The van der Waals surface area contributed by atoms with Gasteiger partial charge in [0.1, 0.15) is 42.6 Å². The summed E-state index contributed by atoms with van der Waals surface area (Å²) in [5.74, 6) is -3.12. The minimum Gasteiger partial charge on any atom is -0.457 e. The lowest BCUT2D eigenvalue weighted by molar-refractivity contribution is -0.303. The molecule has 2 aliphatic rings. The SMILES string of the molecule is CCCCCCCCCCC[C@@H](O)CC(=O)N[C@H]1[C@@H](OP(=O)(O)O)O[C@H](CO[C@@H]2O[C@H](CO)[C@@H](O)[C@H](ONC(=O)CC(CCCCCCCCC)CCCCCCCCC)[C@H]2NC(=O)CC(CCCCCCCCC)CCCCCCCCC)[C@@H](OP(=O)(O)O)[C@@H]1OC(=O)C[C@H](O)CCCCCCCCCCC. The highest BCUT2D eigenvalue weighted by atomic mass is 31.2. The molecule has 3 amide bonds. The highest BCUT2D eigenvalue weighted by Gasteiger charge is 2.55. The van der Waals surface area contributed by atoms with E-state index in [0.717, 1.165) is 250 Å². The van der Waals surface area contributed by atoms with Crippen LogP contribution in [0.15, 0.2) is 0 Å². The lowest BCUT2D eigenvalue weighted by Crippen LogP contribution is -2.68. The minimum atomic E-state index is -5.75. The summed E-state index contributed by atoms with van der Waals surface area (Å²) in [5.41, 5.74) is 2.58. The maximum atomic E-state index is 14.9. The van der Waals surface area contributed by atoms with Crippen LogP contribution in [-0.2, 0) is 61.1 Å². The van der Waals surface area contributed by atoms with Gasteiger partial charge in [-0.15, -0.1) is 0 Å². The molecule has 2 saturated heterocycles. The molecule has 2 rings (SSSR count). The summed E-state index contributed by atoms with van der Waals surface area (Å²) < 4.78 is 61.8. The van der Waals surface area contributed by atoms with E-state index < -0.39 is 139 Å². The molecule has 0 aromatic rings. The zero-order chi connectivity index (χ0) is 79.5. The first-order valence-corrected chi connectivity index (χ1v) is 46.9. The molecule has 12 atom stereocenters. The number of carbonyl (C=O) groups is 4. The van der Waals surface area contributed by atoms with Crippen molar-refractivity contribution in [2.24, 2.45) is 11.8 Å². The summed E-state index contributed by atoms with van der Waals surface area (Å²) in [6, 6.07) is -3.57. The van der Waals surface area contributed by atoms with E-state index in [1.165, 1.54) is 57.8 Å². The molecule has 0 bridgehead atoms. The Labute approximate surface area is 653 Å². The molecule has 2 aliphatic heterocycles. The van der Waals surface area contributed by atoms with Crippen molar-refractivity contribution >= 4 is 39.3 Å². The van der Waals surface area contributed by atoms with Gasteiger partial charge >= 0.3 is 21.6 Å². The third-order valence-corrected chi connectivity index (χ3v) is 22.6. The molecule has 0 aromatic heterocycles. The van der Waals surface area contributed by atoms with E-state index in [1.807, 2.05) is 0 Å². The number of carbonyl (C=O) groups excluding carboxylic acids is 4. The molecule has 2 heterocycles. The van der Waals surface area contributed by atoms with Crippen LogP contribution in [0, 0.1) is 11.8 Å². The predicted molar refractivity (Wildman–Crippen MR) is 425 cm³/mol. The Bertz CT molecular complexity index is 2270. The number of aliphatic hydroxyl groups excluding tert-OH is 4. The van der Waals surface area contributed by atoms with E-state index in [9.17, 15) is 68.3 Å². The first kappa shape index (κ1) is 102. The van der Waals surface area contributed by atoms with Gasteiger partial charge in [-0.1, -0.05) is 337 Å². The normalized spacial score (nSPS) is 21.2. The second kappa shape index (κ2) is 65.0. The van der Waals surface area contributed by atoms with Crippen LogP contribution in [0.3, 0.4) is 0 Å². The number of phosphoric acid groups is 2. The Hall–Kier alpha value is -2.22. The summed E-state index contributed by atoms with van der Waals surface area (Å²) in [4.78, 5) is 106. The zero-order valence-corrected chi connectivity index (χ0v) is 70.2. The van der Waals surface area contributed by atoms with Crippen molar-refractivity contribution in [3.8, 4) is 0 Å². The predicted octanol–water partition coefficient (Wildman–Crippen LogP) is 17.6. The van der Waals surface area contributed by atoms with Gasteiger partial charge in [-0.2, -0.15) is 0 Å². The molecule has 638 valence electrons. The molecule has 0 spiro atoms. The van der Waals surface area contributed by atoms with Crippen molar-refractivity contribution < 1.29 is 101 Å². The van der Waals surface area contributed by atoms with Crippen molar-refractivity contribution in [2.75, 3.05) is 13.2 Å². The van der Waals surface area contributed by atoms with Gasteiger partial charge in [-0.3, -0.25) is 33.1 Å². The molecule has 0 aromatic carbocycles. The molecule has 11 N–H and O–H groups in total. The highest BCUT2D eigenvalue weighted by Crippen LogP contribution is 2.46. The van der Waals surface area contributed by atoms with Gasteiger partial charge < -0.3 is 69.6 Å². The molecule has 2 fully saturated rings. The van der Waals surface area contributed by atoms with Crippen molar-refractivity contribution in [3.63, 3.8) is 0 Å². The number of esters is 1. The summed E-state index contributed by atoms with van der Waals surface area (Å²) in [5, 5.41) is 51.0. The average Bonchev–Trinajstić information content (AvgIpc) is 0.776. The summed E-state index contributed by atoms with van der Waals surface area (Å²) in [6.45, 7) is 11.2. The number of unbranched alkanes of at least 4 members (excludes halogenated alkanes) is 40. The fourth-order valence-electron chi connectivity index (χ4n) is 15.2. The molecule has 24 nitrogen and oxygen atoms in total. The van der Waals surface area contributed by atoms with Gasteiger partial charge in [0, 0.05) is 12.8 Å². The molecule has 0 unspecified atom stereocenters. The topological polar surface area (TPSA) is 365 Å². The highest BCUT2D eigenvalue weighted by molar-refractivity contribution is 7.46. The zero-order valence-electron chi connectivity index (χ0n) is 68.4. The Morgan fingerprint density at radius 1 is 0.380 bits per heavy atom. The maximum absolute atomic E-state index is 14.9. The van der Waals surface area contributed by atoms with Gasteiger partial charge in [0.25, 0.3) is 0 Å². The molecular formula is C82H159N3O21P2. The number of hydrogen-bond acceptors (Lipinski definition) is 17. The number of hydrogen-bond donors (Lipinski definition) is 11. The lowest BCUT2D eigenvalue weighted by atomic mass is 9.90. The number of amides is 3. The summed E-state index contributed by atoms with van der Waals surface area (Å²) >= 11 is 0. The fourth-order valence-corrected chi connectivity index (χ4v) is 16.2. The molecule has 0 radical (unpaired) electrons. The van der Waals surface area contributed by atoms with E-state index in [-0.39, 0.29) is 37.5 Å². The third kappa shape index (κ3) is 51.6. The van der Waals surface area contributed by atoms with Gasteiger partial charge in [-0.25, -0.2) is 14.6 Å². The monoisotopic (exact) mass is 1580 g/mol. The number of rotatable bonds is 73. The van der Waals surface area contributed by atoms with E-state index in [2.05, 4.69) is 57.7 Å². The van der Waals surface area contributed by atoms with Crippen LogP contribution < -0.4 is 16.1 Å². The number of nitrogens with one attached hydrogen (secondary N) is 3. The van der Waals surface area contributed by atoms with Crippen LogP contribution in [0.5, 0.6) is 0 Å². The van der Waals surface area contributed by atoms with E-state index >= 15 is 0 Å². The quantitative estimate of drug-likeness (QED) is 0.0117. The third-order valence-electron chi connectivity index (χ3n) is 21.6. The van der Waals surface area contributed by atoms with Crippen molar-refractivity contribution in [2.45, 2.75) is 475 Å². The van der Waals surface area contributed by atoms with Crippen LogP contribution in [0.4, 0.5) is 0 Å². The Morgan fingerprint density at radius 3 is 1.06 bits per heavy atom. The summed E-state index contributed by atoms with van der Waals surface area (Å²) in [7, 11) is -11.4.